The number of aryl methyl sites for hydroxylation is 2. The molecule has 0 spiro atoms. The van der Waals surface area contributed by atoms with Crippen LogP contribution in [0.1, 0.15) is 35.4 Å². The van der Waals surface area contributed by atoms with E-state index in [1.54, 1.807) is 12.1 Å². The zero-order valence-electron chi connectivity index (χ0n) is 12.8. The minimum atomic E-state index is -0.260. The summed E-state index contributed by atoms with van der Waals surface area (Å²) in [6, 6.07) is 6.62. The Labute approximate surface area is 128 Å². The van der Waals surface area contributed by atoms with Crippen LogP contribution in [0.15, 0.2) is 28.8 Å². The third-order valence-corrected chi connectivity index (χ3v) is 4.08. The molecule has 1 aliphatic carbocycles. The minimum absolute atomic E-state index is 0.0706. The topological polar surface area (TPSA) is 46.3 Å². The molecule has 1 saturated carbocycles. The number of nitrogens with zero attached hydrogens (tertiary/aromatic N) is 2. The van der Waals surface area contributed by atoms with E-state index >= 15 is 0 Å². The van der Waals surface area contributed by atoms with Gasteiger partial charge >= 0.3 is 0 Å². The summed E-state index contributed by atoms with van der Waals surface area (Å²) in [5.74, 6) is 0.508. The second kappa shape index (κ2) is 5.91. The van der Waals surface area contributed by atoms with Gasteiger partial charge in [-0.2, -0.15) is 0 Å². The molecule has 1 heterocycles. The number of hydrogen-bond donors (Lipinski definition) is 0. The summed E-state index contributed by atoms with van der Waals surface area (Å²) in [4.78, 5) is 14.5. The summed E-state index contributed by atoms with van der Waals surface area (Å²) in [7, 11) is 0. The number of carbonyl (C=O) groups excluding carboxylic acids is 1. The van der Waals surface area contributed by atoms with Crippen LogP contribution in [0.25, 0.3) is 0 Å². The fraction of sp³-hybridized carbons (Fsp3) is 0.412. The Balaban J connectivity index is 1.73. The van der Waals surface area contributed by atoms with Gasteiger partial charge in [0, 0.05) is 18.2 Å². The first-order valence-corrected chi connectivity index (χ1v) is 7.50. The van der Waals surface area contributed by atoms with Crippen molar-refractivity contribution in [2.45, 2.75) is 45.7 Å². The van der Waals surface area contributed by atoms with Crippen LogP contribution >= 0.6 is 0 Å². The Morgan fingerprint density at radius 3 is 2.55 bits per heavy atom. The Morgan fingerprint density at radius 1 is 1.32 bits per heavy atom. The van der Waals surface area contributed by atoms with Crippen LogP contribution in [0, 0.1) is 19.7 Å². The van der Waals surface area contributed by atoms with Crippen molar-refractivity contribution in [3.8, 4) is 0 Å². The number of rotatable bonds is 5. The lowest BCUT2D eigenvalue weighted by Gasteiger charge is -2.22. The van der Waals surface area contributed by atoms with Gasteiger partial charge in [0.1, 0.15) is 11.6 Å². The summed E-state index contributed by atoms with van der Waals surface area (Å²) in [5, 5.41) is 3.90. The third-order valence-electron chi connectivity index (χ3n) is 4.08. The first kappa shape index (κ1) is 14.8. The number of aromatic nitrogens is 1. The SMILES string of the molecule is Cc1noc(C)c1CC(=O)N(Cc1ccc(F)cc1)C1CC1. The predicted octanol–water partition coefficient (Wildman–Crippen LogP) is 3.16. The van der Waals surface area contributed by atoms with Crippen LogP contribution in [-0.4, -0.2) is 22.0 Å². The molecule has 1 aromatic carbocycles. The molecule has 0 bridgehead atoms. The molecule has 0 N–H and O–H groups in total. The molecule has 0 unspecified atom stereocenters. The van der Waals surface area contributed by atoms with E-state index in [9.17, 15) is 9.18 Å². The fourth-order valence-corrected chi connectivity index (χ4v) is 2.60. The standard InChI is InChI=1S/C17H19FN2O2/c1-11-16(12(2)22-19-11)9-17(21)20(15-7-8-15)10-13-3-5-14(18)6-4-13/h3-6,15H,7-10H2,1-2H3. The first-order chi connectivity index (χ1) is 10.5. The lowest BCUT2D eigenvalue weighted by atomic mass is 10.1. The summed E-state index contributed by atoms with van der Waals surface area (Å²) in [5.41, 5.74) is 2.58. The molecule has 2 aromatic rings. The van der Waals surface area contributed by atoms with Crippen molar-refractivity contribution >= 4 is 5.91 Å². The highest BCUT2D eigenvalue weighted by Gasteiger charge is 2.33. The molecule has 1 aliphatic rings. The molecule has 1 fully saturated rings. The van der Waals surface area contributed by atoms with Gasteiger partial charge in [-0.15, -0.1) is 0 Å². The second-order valence-corrected chi connectivity index (χ2v) is 5.86. The maximum atomic E-state index is 13.0. The molecule has 0 saturated heterocycles. The van der Waals surface area contributed by atoms with Crippen molar-refractivity contribution in [2.24, 2.45) is 0 Å². The first-order valence-electron chi connectivity index (χ1n) is 7.50. The summed E-state index contributed by atoms with van der Waals surface area (Å²) < 4.78 is 18.1. The largest absolute Gasteiger partial charge is 0.361 e. The predicted molar refractivity (Wildman–Crippen MR) is 79.7 cm³/mol. The number of carbonyl (C=O) groups is 1. The van der Waals surface area contributed by atoms with E-state index in [0.717, 1.165) is 29.7 Å². The Morgan fingerprint density at radius 2 is 2.00 bits per heavy atom. The van der Waals surface area contributed by atoms with Gasteiger partial charge in [-0.05, 0) is 44.4 Å². The van der Waals surface area contributed by atoms with Crippen LogP contribution in [0.3, 0.4) is 0 Å². The summed E-state index contributed by atoms with van der Waals surface area (Å²) >= 11 is 0. The second-order valence-electron chi connectivity index (χ2n) is 5.86. The molecule has 0 radical (unpaired) electrons. The Kier molecular flexibility index (Phi) is 3.96. The van der Waals surface area contributed by atoms with Crippen LogP contribution in [0.4, 0.5) is 4.39 Å². The molecule has 1 amide bonds. The number of amides is 1. The number of halogens is 1. The van der Waals surface area contributed by atoms with Crippen molar-refractivity contribution in [3.05, 3.63) is 52.7 Å². The van der Waals surface area contributed by atoms with E-state index in [4.69, 9.17) is 4.52 Å². The van der Waals surface area contributed by atoms with Crippen molar-refractivity contribution in [1.29, 1.82) is 0 Å². The molecule has 4 nitrogen and oxygen atoms in total. The van der Waals surface area contributed by atoms with Crippen LogP contribution in [-0.2, 0) is 17.8 Å². The normalized spacial score (nSPS) is 14.1. The highest BCUT2D eigenvalue weighted by molar-refractivity contribution is 5.79. The number of benzene rings is 1. The van der Waals surface area contributed by atoms with Gasteiger partial charge in [0.2, 0.25) is 5.91 Å². The molecule has 116 valence electrons. The highest BCUT2D eigenvalue weighted by Crippen LogP contribution is 2.29. The van der Waals surface area contributed by atoms with Gasteiger partial charge in [0.25, 0.3) is 0 Å². The molecule has 5 heteroatoms. The highest BCUT2D eigenvalue weighted by atomic mass is 19.1. The molecular weight excluding hydrogens is 283 g/mol. The summed E-state index contributed by atoms with van der Waals surface area (Å²) in [6.45, 7) is 4.19. The van der Waals surface area contributed by atoms with E-state index in [1.165, 1.54) is 12.1 Å². The summed E-state index contributed by atoms with van der Waals surface area (Å²) in [6.07, 6.45) is 2.38. The molecule has 1 aromatic heterocycles. The molecule has 0 atom stereocenters. The quantitative estimate of drug-likeness (QED) is 0.852. The van der Waals surface area contributed by atoms with E-state index in [2.05, 4.69) is 5.16 Å². The van der Waals surface area contributed by atoms with Crippen molar-refractivity contribution in [1.82, 2.24) is 10.1 Å². The van der Waals surface area contributed by atoms with Gasteiger partial charge in [0.05, 0.1) is 12.1 Å². The van der Waals surface area contributed by atoms with Crippen molar-refractivity contribution < 1.29 is 13.7 Å². The molecule has 3 rings (SSSR count). The smallest absolute Gasteiger partial charge is 0.227 e. The van der Waals surface area contributed by atoms with Gasteiger partial charge in [-0.3, -0.25) is 4.79 Å². The van der Waals surface area contributed by atoms with Crippen LogP contribution in [0.2, 0.25) is 0 Å². The van der Waals surface area contributed by atoms with Gasteiger partial charge < -0.3 is 9.42 Å². The van der Waals surface area contributed by atoms with E-state index in [-0.39, 0.29) is 11.7 Å². The zero-order valence-corrected chi connectivity index (χ0v) is 12.8. The van der Waals surface area contributed by atoms with E-state index in [0.29, 0.717) is 24.8 Å². The van der Waals surface area contributed by atoms with E-state index < -0.39 is 0 Å². The zero-order chi connectivity index (χ0) is 15.7. The average molecular weight is 302 g/mol. The van der Waals surface area contributed by atoms with Crippen LogP contribution < -0.4 is 0 Å². The Bertz CT molecular complexity index is 655. The van der Waals surface area contributed by atoms with Gasteiger partial charge in [0.15, 0.2) is 0 Å². The van der Waals surface area contributed by atoms with Crippen molar-refractivity contribution in [3.63, 3.8) is 0 Å². The molecule has 0 aliphatic heterocycles. The third kappa shape index (κ3) is 3.18. The lowest BCUT2D eigenvalue weighted by molar-refractivity contribution is -0.131. The fourth-order valence-electron chi connectivity index (χ4n) is 2.60. The van der Waals surface area contributed by atoms with Crippen LogP contribution in [0.5, 0.6) is 0 Å². The maximum absolute atomic E-state index is 13.0. The monoisotopic (exact) mass is 302 g/mol. The molecular formula is C17H19FN2O2. The maximum Gasteiger partial charge on any atom is 0.227 e. The van der Waals surface area contributed by atoms with Gasteiger partial charge in [-0.25, -0.2) is 4.39 Å². The minimum Gasteiger partial charge on any atom is -0.361 e. The molecule has 22 heavy (non-hydrogen) atoms. The Hall–Kier alpha value is -2.17. The number of hydrogen-bond acceptors (Lipinski definition) is 3. The van der Waals surface area contributed by atoms with Gasteiger partial charge in [-0.1, -0.05) is 17.3 Å². The lowest BCUT2D eigenvalue weighted by Crippen LogP contribution is -2.34. The van der Waals surface area contributed by atoms with E-state index in [1.807, 2.05) is 18.7 Å². The average Bonchev–Trinajstić information content (AvgIpc) is 3.29. The van der Waals surface area contributed by atoms with Crippen molar-refractivity contribution in [2.75, 3.05) is 0 Å².